The predicted octanol–water partition coefficient (Wildman–Crippen LogP) is 1.22. The molecule has 2 N–H and O–H groups in total. The molecule has 5 heteroatoms. The summed E-state index contributed by atoms with van der Waals surface area (Å²) >= 11 is 0. The van der Waals surface area contributed by atoms with Gasteiger partial charge in [0.25, 0.3) is 0 Å². The van der Waals surface area contributed by atoms with E-state index in [0.29, 0.717) is 17.4 Å². The van der Waals surface area contributed by atoms with Crippen LogP contribution in [-0.4, -0.2) is 19.6 Å². The van der Waals surface area contributed by atoms with E-state index in [0.717, 1.165) is 11.7 Å². The van der Waals surface area contributed by atoms with E-state index in [-0.39, 0.29) is 0 Å². The second kappa shape index (κ2) is 2.92. The van der Waals surface area contributed by atoms with Gasteiger partial charge in [0, 0.05) is 18.3 Å². The molecule has 1 aliphatic rings. The lowest BCUT2D eigenvalue weighted by molar-refractivity contribution is 0.276. The minimum absolute atomic E-state index is 0.448. The number of nitrogens with zero attached hydrogens (tertiary/aromatic N) is 4. The van der Waals surface area contributed by atoms with Crippen LogP contribution in [0.1, 0.15) is 31.5 Å². The molecule has 3 rings (SSSR count). The van der Waals surface area contributed by atoms with Crippen LogP contribution >= 0.6 is 0 Å². The SMILES string of the molecule is CC1CC(c2nnc3c(N)nccn23)C1. The summed E-state index contributed by atoms with van der Waals surface area (Å²) in [4.78, 5) is 3.99. The van der Waals surface area contributed by atoms with Crippen LogP contribution in [0.25, 0.3) is 5.65 Å². The molecule has 0 aromatic carbocycles. The molecule has 0 spiro atoms. The summed E-state index contributed by atoms with van der Waals surface area (Å²) in [5.41, 5.74) is 6.40. The minimum Gasteiger partial charge on any atom is -0.381 e. The molecule has 2 heterocycles. The Hall–Kier alpha value is -1.65. The fourth-order valence-corrected chi connectivity index (χ4v) is 2.25. The molecule has 1 aliphatic carbocycles. The van der Waals surface area contributed by atoms with Crippen LogP contribution in [0, 0.1) is 5.92 Å². The van der Waals surface area contributed by atoms with Gasteiger partial charge in [-0.1, -0.05) is 6.92 Å². The molecule has 78 valence electrons. The van der Waals surface area contributed by atoms with Crippen molar-refractivity contribution in [2.45, 2.75) is 25.7 Å². The van der Waals surface area contributed by atoms with Crippen LogP contribution in [0.5, 0.6) is 0 Å². The molecule has 0 amide bonds. The number of aromatic nitrogens is 4. The first-order valence-electron chi connectivity index (χ1n) is 5.21. The Bertz CT molecular complexity index is 497. The number of anilines is 1. The van der Waals surface area contributed by atoms with Crippen molar-refractivity contribution >= 4 is 11.5 Å². The summed E-state index contributed by atoms with van der Waals surface area (Å²) in [6.45, 7) is 2.26. The fraction of sp³-hybridized carbons (Fsp3) is 0.500. The van der Waals surface area contributed by atoms with E-state index in [1.807, 2.05) is 10.6 Å². The Morgan fingerprint density at radius 3 is 2.93 bits per heavy atom. The number of nitrogen functional groups attached to an aromatic ring is 1. The predicted molar refractivity (Wildman–Crippen MR) is 56.3 cm³/mol. The molecule has 0 radical (unpaired) electrons. The van der Waals surface area contributed by atoms with Crippen molar-refractivity contribution < 1.29 is 0 Å². The van der Waals surface area contributed by atoms with E-state index in [2.05, 4.69) is 22.1 Å². The number of hydrogen-bond acceptors (Lipinski definition) is 4. The van der Waals surface area contributed by atoms with Crippen LogP contribution in [0.2, 0.25) is 0 Å². The smallest absolute Gasteiger partial charge is 0.203 e. The number of fused-ring (bicyclic) bond motifs is 1. The third kappa shape index (κ3) is 1.19. The molecule has 0 atom stereocenters. The molecule has 1 fully saturated rings. The monoisotopic (exact) mass is 203 g/mol. The van der Waals surface area contributed by atoms with Gasteiger partial charge in [-0.3, -0.25) is 4.40 Å². The number of hydrogen-bond donors (Lipinski definition) is 1. The molecule has 15 heavy (non-hydrogen) atoms. The van der Waals surface area contributed by atoms with Crippen LogP contribution < -0.4 is 5.73 Å². The molecule has 2 aromatic heterocycles. The Labute approximate surface area is 87.3 Å². The molecule has 0 aliphatic heterocycles. The van der Waals surface area contributed by atoms with Gasteiger partial charge in [0.05, 0.1) is 0 Å². The molecular weight excluding hydrogens is 190 g/mol. The maximum Gasteiger partial charge on any atom is 0.203 e. The quantitative estimate of drug-likeness (QED) is 0.756. The van der Waals surface area contributed by atoms with Crippen molar-refractivity contribution in [3.05, 3.63) is 18.2 Å². The van der Waals surface area contributed by atoms with Crippen molar-refractivity contribution in [3.63, 3.8) is 0 Å². The van der Waals surface area contributed by atoms with Gasteiger partial charge in [0.1, 0.15) is 5.82 Å². The third-order valence-corrected chi connectivity index (χ3v) is 3.12. The average molecular weight is 203 g/mol. The Balaban J connectivity index is 2.09. The van der Waals surface area contributed by atoms with Crippen molar-refractivity contribution in [2.75, 3.05) is 5.73 Å². The van der Waals surface area contributed by atoms with Crippen LogP contribution in [0.3, 0.4) is 0 Å². The van der Waals surface area contributed by atoms with Gasteiger partial charge in [-0.2, -0.15) is 0 Å². The molecule has 1 saturated carbocycles. The van der Waals surface area contributed by atoms with Gasteiger partial charge >= 0.3 is 0 Å². The maximum atomic E-state index is 5.72. The van der Waals surface area contributed by atoms with Gasteiger partial charge in [0.2, 0.25) is 5.65 Å². The van der Waals surface area contributed by atoms with Gasteiger partial charge in [0.15, 0.2) is 5.82 Å². The van der Waals surface area contributed by atoms with Crippen LogP contribution in [0.4, 0.5) is 5.82 Å². The molecule has 5 nitrogen and oxygen atoms in total. The Morgan fingerprint density at radius 1 is 1.40 bits per heavy atom. The second-order valence-corrected chi connectivity index (χ2v) is 4.34. The first-order valence-corrected chi connectivity index (χ1v) is 5.21. The van der Waals surface area contributed by atoms with E-state index in [4.69, 9.17) is 5.73 Å². The van der Waals surface area contributed by atoms with Crippen LogP contribution in [0.15, 0.2) is 12.4 Å². The summed E-state index contributed by atoms with van der Waals surface area (Å²) in [5, 5.41) is 8.28. The second-order valence-electron chi connectivity index (χ2n) is 4.34. The van der Waals surface area contributed by atoms with Gasteiger partial charge < -0.3 is 5.73 Å². The van der Waals surface area contributed by atoms with E-state index >= 15 is 0 Å². The van der Waals surface area contributed by atoms with Gasteiger partial charge in [-0.15, -0.1) is 10.2 Å². The highest BCUT2D eigenvalue weighted by molar-refractivity contribution is 5.58. The zero-order valence-electron chi connectivity index (χ0n) is 8.59. The van der Waals surface area contributed by atoms with Gasteiger partial charge in [-0.05, 0) is 18.8 Å². The normalized spacial score (nSPS) is 25.4. The largest absolute Gasteiger partial charge is 0.381 e. The Kier molecular flexibility index (Phi) is 1.68. The number of nitrogens with two attached hydrogens (primary N) is 1. The molecule has 0 unspecified atom stereocenters. The first-order chi connectivity index (χ1) is 7.25. The van der Waals surface area contributed by atoms with E-state index in [1.54, 1.807) is 6.20 Å². The minimum atomic E-state index is 0.448. The van der Waals surface area contributed by atoms with Crippen molar-refractivity contribution in [2.24, 2.45) is 5.92 Å². The number of rotatable bonds is 1. The molecule has 0 saturated heterocycles. The Morgan fingerprint density at radius 2 is 2.20 bits per heavy atom. The fourth-order valence-electron chi connectivity index (χ4n) is 2.25. The standard InChI is InChI=1S/C10H13N5/c1-6-4-7(5-6)9-13-14-10-8(11)12-2-3-15(9)10/h2-3,6-7H,4-5H2,1H3,(H2,11,12). The van der Waals surface area contributed by atoms with E-state index in [1.165, 1.54) is 12.8 Å². The average Bonchev–Trinajstić information content (AvgIpc) is 2.58. The van der Waals surface area contributed by atoms with E-state index in [9.17, 15) is 0 Å². The van der Waals surface area contributed by atoms with E-state index < -0.39 is 0 Å². The lowest BCUT2D eigenvalue weighted by Crippen LogP contribution is -2.21. The third-order valence-electron chi connectivity index (χ3n) is 3.12. The molecule has 2 aromatic rings. The lowest BCUT2D eigenvalue weighted by atomic mass is 9.76. The molecule has 0 bridgehead atoms. The zero-order chi connectivity index (χ0) is 10.4. The summed E-state index contributed by atoms with van der Waals surface area (Å²) in [5.74, 6) is 2.82. The zero-order valence-corrected chi connectivity index (χ0v) is 8.59. The topological polar surface area (TPSA) is 69.1 Å². The lowest BCUT2D eigenvalue weighted by Gasteiger charge is -2.31. The van der Waals surface area contributed by atoms with Gasteiger partial charge in [-0.25, -0.2) is 4.98 Å². The summed E-state index contributed by atoms with van der Waals surface area (Å²) in [7, 11) is 0. The summed E-state index contributed by atoms with van der Waals surface area (Å²) in [6, 6.07) is 0. The maximum absolute atomic E-state index is 5.72. The summed E-state index contributed by atoms with van der Waals surface area (Å²) < 4.78 is 1.96. The van der Waals surface area contributed by atoms with Crippen molar-refractivity contribution in [3.8, 4) is 0 Å². The van der Waals surface area contributed by atoms with Crippen molar-refractivity contribution in [1.29, 1.82) is 0 Å². The highest BCUT2D eigenvalue weighted by Crippen LogP contribution is 2.40. The molecular formula is C10H13N5. The first kappa shape index (κ1) is 8.64. The summed E-state index contributed by atoms with van der Waals surface area (Å²) in [6.07, 6.45) is 5.97. The highest BCUT2D eigenvalue weighted by Gasteiger charge is 2.30. The van der Waals surface area contributed by atoms with Crippen molar-refractivity contribution in [1.82, 2.24) is 19.6 Å². The highest BCUT2D eigenvalue weighted by atomic mass is 15.3. The van der Waals surface area contributed by atoms with Crippen LogP contribution in [-0.2, 0) is 0 Å².